The van der Waals surface area contributed by atoms with Crippen LogP contribution in [0.4, 0.5) is 15.8 Å². The molecule has 3 aromatic carbocycles. The summed E-state index contributed by atoms with van der Waals surface area (Å²) in [4.78, 5) is 27.7. The molecule has 1 fully saturated rings. The lowest BCUT2D eigenvalue weighted by Crippen LogP contribution is -2.35. The lowest BCUT2D eigenvalue weighted by molar-refractivity contribution is 0.102. The number of carbonyl (C=O) groups is 2. The fourth-order valence-corrected chi connectivity index (χ4v) is 3.92. The van der Waals surface area contributed by atoms with Crippen molar-refractivity contribution in [2.45, 2.75) is 26.2 Å². The minimum absolute atomic E-state index is 0.0254. The largest absolute Gasteiger partial charge is 0.357 e. The number of carbonyl (C=O) groups excluding carboxylic acids is 2. The van der Waals surface area contributed by atoms with E-state index in [2.05, 4.69) is 15.5 Å². The minimum Gasteiger partial charge on any atom is -0.357 e. The van der Waals surface area contributed by atoms with E-state index < -0.39 is 17.6 Å². The van der Waals surface area contributed by atoms with Crippen LogP contribution in [0.1, 0.15) is 51.1 Å². The lowest BCUT2D eigenvalue weighted by Gasteiger charge is -2.29. The summed E-state index contributed by atoms with van der Waals surface area (Å²) in [5.74, 6) is -1.07. The Morgan fingerprint density at radius 2 is 1.47 bits per heavy atom. The number of piperidine rings is 1. The van der Waals surface area contributed by atoms with Crippen molar-refractivity contribution in [3.63, 3.8) is 0 Å². The molecule has 0 unspecified atom stereocenters. The summed E-state index contributed by atoms with van der Waals surface area (Å²) in [7, 11) is 0. The average molecular weight is 459 g/mol. The number of benzene rings is 3. The highest BCUT2D eigenvalue weighted by Crippen LogP contribution is 2.21. The van der Waals surface area contributed by atoms with E-state index in [9.17, 15) is 14.0 Å². The third kappa shape index (κ3) is 5.49. The lowest BCUT2D eigenvalue weighted by atomic mass is 10.1. The Morgan fingerprint density at radius 1 is 0.824 bits per heavy atom. The number of aryl methyl sites for hydroxylation is 1. The second kappa shape index (κ2) is 10.3. The summed E-state index contributed by atoms with van der Waals surface area (Å²) in [5, 5.41) is 13.9. The molecule has 0 atom stereocenters. The van der Waals surface area contributed by atoms with Gasteiger partial charge in [0.25, 0.3) is 11.8 Å². The highest BCUT2D eigenvalue weighted by atomic mass is 19.1. The Hall–Kier alpha value is -4.00. The van der Waals surface area contributed by atoms with E-state index >= 15 is 0 Å². The molecule has 4 rings (SSSR count). The van der Waals surface area contributed by atoms with Crippen LogP contribution in [0.3, 0.4) is 0 Å². The van der Waals surface area contributed by atoms with Crippen molar-refractivity contribution in [1.82, 2.24) is 4.90 Å². The van der Waals surface area contributed by atoms with Crippen LogP contribution in [0.2, 0.25) is 0 Å². The Bertz CT molecular complexity index is 1200. The monoisotopic (exact) mass is 458 g/mol. The molecule has 3 N–H and O–H groups in total. The van der Waals surface area contributed by atoms with Gasteiger partial charge in [-0.15, -0.1) is 0 Å². The number of amides is 2. The van der Waals surface area contributed by atoms with Crippen LogP contribution in [0.25, 0.3) is 0 Å². The normalized spacial score (nSPS) is 13.3. The molecule has 34 heavy (non-hydrogen) atoms. The average Bonchev–Trinajstić information content (AvgIpc) is 2.86. The van der Waals surface area contributed by atoms with Crippen molar-refractivity contribution in [1.29, 1.82) is 5.41 Å². The molecule has 0 saturated carbocycles. The van der Waals surface area contributed by atoms with Crippen molar-refractivity contribution >= 4 is 29.0 Å². The summed E-state index contributed by atoms with van der Waals surface area (Å²) < 4.78 is 13.9. The molecule has 1 saturated heterocycles. The van der Waals surface area contributed by atoms with Gasteiger partial charge in [-0.3, -0.25) is 15.0 Å². The smallest absolute Gasteiger partial charge is 0.257 e. The Morgan fingerprint density at radius 3 is 2.15 bits per heavy atom. The minimum atomic E-state index is -0.576. The summed E-state index contributed by atoms with van der Waals surface area (Å²) in [6.07, 6.45) is 3.36. The zero-order valence-electron chi connectivity index (χ0n) is 19.0. The molecular weight excluding hydrogens is 431 g/mol. The van der Waals surface area contributed by atoms with E-state index in [0.717, 1.165) is 43.1 Å². The molecule has 0 aliphatic carbocycles. The van der Waals surface area contributed by atoms with Crippen molar-refractivity contribution in [2.24, 2.45) is 0 Å². The van der Waals surface area contributed by atoms with Crippen LogP contribution in [-0.2, 0) is 0 Å². The summed E-state index contributed by atoms with van der Waals surface area (Å²) in [6.45, 7) is 3.69. The number of halogens is 1. The van der Waals surface area contributed by atoms with Crippen molar-refractivity contribution in [3.05, 3.63) is 94.8 Å². The zero-order valence-corrected chi connectivity index (χ0v) is 19.0. The van der Waals surface area contributed by atoms with Gasteiger partial charge in [0.05, 0.1) is 11.3 Å². The van der Waals surface area contributed by atoms with Gasteiger partial charge in [0.2, 0.25) is 0 Å². The molecule has 0 aromatic heterocycles. The van der Waals surface area contributed by atoms with Crippen LogP contribution in [0, 0.1) is 18.2 Å². The van der Waals surface area contributed by atoms with E-state index in [1.165, 1.54) is 18.6 Å². The van der Waals surface area contributed by atoms with Crippen LogP contribution in [-0.4, -0.2) is 35.6 Å². The van der Waals surface area contributed by atoms with Gasteiger partial charge < -0.3 is 15.5 Å². The maximum atomic E-state index is 13.9. The number of nitrogens with zero attached hydrogens (tertiary/aromatic N) is 1. The van der Waals surface area contributed by atoms with E-state index in [0.29, 0.717) is 17.1 Å². The molecule has 1 heterocycles. The number of hydrogen-bond donors (Lipinski definition) is 3. The maximum Gasteiger partial charge on any atom is 0.257 e. The van der Waals surface area contributed by atoms with Crippen LogP contribution < -0.4 is 10.6 Å². The van der Waals surface area contributed by atoms with E-state index in [4.69, 9.17) is 5.41 Å². The number of nitrogens with one attached hydrogen (secondary N) is 3. The fraction of sp³-hybridized carbons (Fsp3) is 0.222. The SMILES string of the molecule is Cc1ccc(NC(=O)c2cc(F)ccc2NC(=O)c2ccc(C(=N)N3CCCCC3)cc2)cc1. The molecule has 0 bridgehead atoms. The first-order chi connectivity index (χ1) is 16.4. The molecule has 1 aliphatic heterocycles. The number of likely N-dealkylation sites (tertiary alicyclic amines) is 1. The molecule has 0 radical (unpaired) electrons. The van der Waals surface area contributed by atoms with Gasteiger partial charge in [-0.1, -0.05) is 29.8 Å². The topological polar surface area (TPSA) is 85.3 Å². The second-order valence-electron chi connectivity index (χ2n) is 8.44. The molecule has 3 aromatic rings. The van der Waals surface area contributed by atoms with E-state index in [-0.39, 0.29) is 11.3 Å². The van der Waals surface area contributed by atoms with Gasteiger partial charge in [-0.25, -0.2) is 4.39 Å². The van der Waals surface area contributed by atoms with Gasteiger partial charge in [-0.2, -0.15) is 0 Å². The van der Waals surface area contributed by atoms with Gasteiger partial charge in [-0.05, 0) is 68.7 Å². The molecule has 1 aliphatic rings. The summed E-state index contributed by atoms with van der Waals surface area (Å²) >= 11 is 0. The Kier molecular flexibility index (Phi) is 7.01. The second-order valence-corrected chi connectivity index (χ2v) is 8.44. The standard InChI is InChI=1S/C27H27FN4O2/c1-18-5-12-22(13-6-18)30-27(34)23-17-21(28)11-14-24(23)31-26(33)20-9-7-19(8-10-20)25(29)32-15-3-2-4-16-32/h5-14,17,29H,2-4,15-16H2,1H3,(H,30,34)(H,31,33). The van der Waals surface area contributed by atoms with Crippen LogP contribution in [0.15, 0.2) is 66.7 Å². The number of amidine groups is 1. The van der Waals surface area contributed by atoms with E-state index in [1.807, 2.05) is 19.1 Å². The highest BCUT2D eigenvalue weighted by molar-refractivity contribution is 6.12. The molecule has 6 nitrogen and oxygen atoms in total. The first-order valence-electron chi connectivity index (χ1n) is 11.3. The number of hydrogen-bond acceptors (Lipinski definition) is 3. The third-order valence-electron chi connectivity index (χ3n) is 5.88. The zero-order chi connectivity index (χ0) is 24.1. The van der Waals surface area contributed by atoms with Gasteiger partial charge in [0.15, 0.2) is 0 Å². The van der Waals surface area contributed by atoms with Crippen molar-refractivity contribution in [2.75, 3.05) is 23.7 Å². The number of rotatable bonds is 5. The first-order valence-corrected chi connectivity index (χ1v) is 11.3. The Labute approximate surface area is 198 Å². The predicted molar refractivity (Wildman–Crippen MR) is 132 cm³/mol. The Balaban J connectivity index is 1.47. The highest BCUT2D eigenvalue weighted by Gasteiger charge is 2.18. The third-order valence-corrected chi connectivity index (χ3v) is 5.88. The van der Waals surface area contributed by atoms with Crippen molar-refractivity contribution < 1.29 is 14.0 Å². The van der Waals surface area contributed by atoms with Gasteiger partial charge in [0.1, 0.15) is 11.7 Å². The molecule has 2 amide bonds. The van der Waals surface area contributed by atoms with Gasteiger partial charge >= 0.3 is 0 Å². The predicted octanol–water partition coefficient (Wildman–Crippen LogP) is 5.45. The molecule has 0 spiro atoms. The van der Waals surface area contributed by atoms with Crippen molar-refractivity contribution in [3.8, 4) is 0 Å². The van der Waals surface area contributed by atoms with Gasteiger partial charge in [0, 0.05) is 29.9 Å². The van der Waals surface area contributed by atoms with Crippen LogP contribution in [0.5, 0.6) is 0 Å². The molecule has 7 heteroatoms. The molecule has 174 valence electrons. The van der Waals surface area contributed by atoms with Crippen LogP contribution >= 0.6 is 0 Å². The first kappa shape index (κ1) is 23.2. The van der Waals surface area contributed by atoms with E-state index in [1.54, 1.807) is 36.4 Å². The number of anilines is 2. The summed E-state index contributed by atoms with van der Waals surface area (Å²) in [5.41, 5.74) is 2.99. The molecular formula is C27H27FN4O2. The fourth-order valence-electron chi connectivity index (χ4n) is 3.92. The quantitative estimate of drug-likeness (QED) is 0.351. The maximum absolute atomic E-state index is 13.9. The summed E-state index contributed by atoms with van der Waals surface area (Å²) in [6, 6.07) is 17.7.